The van der Waals surface area contributed by atoms with E-state index in [9.17, 15) is 27.6 Å². The summed E-state index contributed by atoms with van der Waals surface area (Å²) in [5.41, 5.74) is 0.383. The van der Waals surface area contributed by atoms with E-state index in [1.54, 1.807) is 24.3 Å². The molecule has 0 atom stereocenters. The molecule has 2 rings (SSSR count). The molecule has 0 aliphatic carbocycles. The summed E-state index contributed by atoms with van der Waals surface area (Å²) >= 11 is 0. The van der Waals surface area contributed by atoms with Crippen molar-refractivity contribution in [3.63, 3.8) is 0 Å². The molecule has 0 fully saturated rings. The first kappa shape index (κ1) is 21.7. The average molecular weight is 406 g/mol. The molecule has 0 bridgehead atoms. The zero-order valence-corrected chi connectivity index (χ0v) is 15.0. The standard InChI is InChI=1S/C20H17F3N2O4/c21-20(22,23)16-9-6-14(7-10-16)8-11-18(27)29-13-17(26)25-19(28)24-12-15-4-2-1-3-5-15/h1-11H,12-13H2,(H2,24,25,26,28)/b11-8+. The molecule has 0 radical (unpaired) electrons. The van der Waals surface area contributed by atoms with Crippen LogP contribution in [0.1, 0.15) is 16.7 Å². The van der Waals surface area contributed by atoms with Crippen molar-refractivity contribution in [3.8, 4) is 0 Å². The maximum atomic E-state index is 12.5. The van der Waals surface area contributed by atoms with E-state index in [2.05, 4.69) is 10.1 Å². The minimum absolute atomic E-state index is 0.218. The first-order valence-corrected chi connectivity index (χ1v) is 8.38. The number of nitrogens with one attached hydrogen (secondary N) is 2. The van der Waals surface area contributed by atoms with Gasteiger partial charge >= 0.3 is 18.2 Å². The monoisotopic (exact) mass is 406 g/mol. The number of esters is 1. The number of halogens is 3. The van der Waals surface area contributed by atoms with Gasteiger partial charge in [0, 0.05) is 12.6 Å². The highest BCUT2D eigenvalue weighted by Crippen LogP contribution is 2.29. The quantitative estimate of drug-likeness (QED) is 0.570. The van der Waals surface area contributed by atoms with Crippen LogP contribution in [-0.2, 0) is 27.0 Å². The normalized spacial score (nSPS) is 11.1. The second-order valence-electron chi connectivity index (χ2n) is 5.78. The van der Waals surface area contributed by atoms with Gasteiger partial charge in [0.25, 0.3) is 5.91 Å². The smallest absolute Gasteiger partial charge is 0.416 e. The summed E-state index contributed by atoms with van der Waals surface area (Å²) in [6.45, 7) is -0.468. The average Bonchev–Trinajstić information content (AvgIpc) is 2.69. The van der Waals surface area contributed by atoms with Gasteiger partial charge in [-0.3, -0.25) is 10.1 Å². The summed E-state index contributed by atoms with van der Waals surface area (Å²) in [4.78, 5) is 34.8. The number of alkyl halides is 3. The molecule has 0 aliphatic heterocycles. The van der Waals surface area contributed by atoms with Gasteiger partial charge in [-0.1, -0.05) is 42.5 Å². The van der Waals surface area contributed by atoms with Crippen LogP contribution in [-0.4, -0.2) is 24.5 Å². The highest BCUT2D eigenvalue weighted by atomic mass is 19.4. The summed E-state index contributed by atoms with van der Waals surface area (Å²) in [5, 5.41) is 4.48. The lowest BCUT2D eigenvalue weighted by atomic mass is 10.1. The van der Waals surface area contributed by atoms with Gasteiger partial charge in [0.1, 0.15) is 0 Å². The molecular formula is C20H17F3N2O4. The third-order valence-electron chi connectivity index (χ3n) is 3.54. The second kappa shape index (κ2) is 10.1. The molecule has 3 amide bonds. The lowest BCUT2D eigenvalue weighted by molar-refractivity contribution is -0.143. The Morgan fingerprint density at radius 1 is 0.966 bits per heavy atom. The van der Waals surface area contributed by atoms with Gasteiger partial charge in [0.15, 0.2) is 6.61 Å². The third kappa shape index (κ3) is 7.87. The SMILES string of the molecule is O=C(COC(=O)/C=C/c1ccc(C(F)(F)F)cc1)NC(=O)NCc1ccccc1. The molecule has 0 spiro atoms. The van der Waals surface area contributed by atoms with Crippen molar-refractivity contribution in [1.29, 1.82) is 0 Å². The minimum atomic E-state index is -4.44. The maximum Gasteiger partial charge on any atom is 0.416 e. The first-order valence-electron chi connectivity index (χ1n) is 8.38. The van der Waals surface area contributed by atoms with Gasteiger partial charge in [-0.15, -0.1) is 0 Å². The van der Waals surface area contributed by atoms with Crippen molar-refractivity contribution < 1.29 is 32.3 Å². The summed E-state index contributed by atoms with van der Waals surface area (Å²) in [5.74, 6) is -1.71. The van der Waals surface area contributed by atoms with E-state index in [0.717, 1.165) is 23.8 Å². The Kier molecular flexibility index (Phi) is 7.53. The Balaban J connectivity index is 1.71. The molecule has 2 aromatic rings. The molecule has 6 nitrogen and oxygen atoms in total. The second-order valence-corrected chi connectivity index (χ2v) is 5.78. The lowest BCUT2D eigenvalue weighted by Gasteiger charge is -2.07. The number of hydrogen-bond donors (Lipinski definition) is 2. The van der Waals surface area contributed by atoms with Crippen LogP contribution >= 0.6 is 0 Å². The summed E-state index contributed by atoms with van der Waals surface area (Å²) < 4.78 is 42.1. The predicted molar refractivity (Wildman–Crippen MR) is 98.3 cm³/mol. The van der Waals surface area contributed by atoms with E-state index in [4.69, 9.17) is 0 Å². The topological polar surface area (TPSA) is 84.5 Å². The zero-order valence-electron chi connectivity index (χ0n) is 15.0. The molecule has 0 aliphatic rings. The Morgan fingerprint density at radius 3 is 2.24 bits per heavy atom. The van der Waals surface area contributed by atoms with Gasteiger partial charge in [-0.2, -0.15) is 13.2 Å². The fourth-order valence-corrected chi connectivity index (χ4v) is 2.12. The zero-order chi connectivity index (χ0) is 21.3. The van der Waals surface area contributed by atoms with E-state index < -0.39 is 36.3 Å². The van der Waals surface area contributed by atoms with Crippen LogP contribution in [0.4, 0.5) is 18.0 Å². The number of benzene rings is 2. The molecule has 0 unspecified atom stereocenters. The molecule has 9 heteroatoms. The third-order valence-corrected chi connectivity index (χ3v) is 3.54. The van der Waals surface area contributed by atoms with Crippen LogP contribution in [0.25, 0.3) is 6.08 Å². The van der Waals surface area contributed by atoms with E-state index in [-0.39, 0.29) is 6.54 Å². The number of hydrogen-bond acceptors (Lipinski definition) is 4. The minimum Gasteiger partial charge on any atom is -0.452 e. The fraction of sp³-hybridized carbons (Fsp3) is 0.150. The van der Waals surface area contributed by atoms with E-state index in [1.807, 2.05) is 11.4 Å². The molecule has 29 heavy (non-hydrogen) atoms. The fourth-order valence-electron chi connectivity index (χ4n) is 2.12. The van der Waals surface area contributed by atoms with Crippen LogP contribution < -0.4 is 10.6 Å². The van der Waals surface area contributed by atoms with Crippen LogP contribution in [0.3, 0.4) is 0 Å². The van der Waals surface area contributed by atoms with Crippen molar-refractivity contribution in [3.05, 3.63) is 77.4 Å². The number of amides is 3. The number of urea groups is 1. The molecule has 0 saturated carbocycles. The number of carbonyl (C=O) groups excluding carboxylic acids is 3. The van der Waals surface area contributed by atoms with Crippen molar-refractivity contribution in [2.75, 3.05) is 6.61 Å². The number of carbonyl (C=O) groups is 3. The highest BCUT2D eigenvalue weighted by molar-refractivity contribution is 5.96. The number of ether oxygens (including phenoxy) is 1. The Morgan fingerprint density at radius 2 is 1.62 bits per heavy atom. The van der Waals surface area contributed by atoms with Crippen molar-refractivity contribution >= 4 is 24.0 Å². The Labute approximate surface area is 164 Å². The van der Waals surface area contributed by atoms with E-state index in [1.165, 1.54) is 18.2 Å². The van der Waals surface area contributed by atoms with Crippen molar-refractivity contribution in [2.45, 2.75) is 12.7 Å². The largest absolute Gasteiger partial charge is 0.452 e. The van der Waals surface area contributed by atoms with Crippen LogP contribution in [0, 0.1) is 0 Å². The highest BCUT2D eigenvalue weighted by Gasteiger charge is 2.29. The summed E-state index contributed by atoms with van der Waals surface area (Å²) in [6, 6.07) is 12.4. The first-order chi connectivity index (χ1) is 13.7. The van der Waals surface area contributed by atoms with Crippen LogP contribution in [0.15, 0.2) is 60.7 Å². The summed E-state index contributed by atoms with van der Waals surface area (Å²) in [6.07, 6.45) is -2.24. The molecular weight excluding hydrogens is 389 g/mol. The van der Waals surface area contributed by atoms with Gasteiger partial charge in [-0.25, -0.2) is 9.59 Å². The molecule has 0 heterocycles. The number of imide groups is 1. The Hall–Kier alpha value is -3.62. The van der Waals surface area contributed by atoms with Crippen LogP contribution in [0.2, 0.25) is 0 Å². The molecule has 0 saturated heterocycles. The Bertz CT molecular complexity index is 879. The van der Waals surface area contributed by atoms with E-state index in [0.29, 0.717) is 5.56 Å². The van der Waals surface area contributed by atoms with Gasteiger partial charge in [0.2, 0.25) is 0 Å². The molecule has 2 aromatic carbocycles. The van der Waals surface area contributed by atoms with Gasteiger partial charge in [0.05, 0.1) is 5.56 Å². The number of rotatable bonds is 6. The maximum absolute atomic E-state index is 12.5. The summed E-state index contributed by atoms with van der Waals surface area (Å²) in [7, 11) is 0. The van der Waals surface area contributed by atoms with Crippen molar-refractivity contribution in [1.82, 2.24) is 10.6 Å². The molecule has 152 valence electrons. The van der Waals surface area contributed by atoms with Crippen LogP contribution in [0.5, 0.6) is 0 Å². The predicted octanol–water partition coefficient (Wildman–Crippen LogP) is 3.29. The molecule has 0 aromatic heterocycles. The van der Waals surface area contributed by atoms with Gasteiger partial charge in [-0.05, 0) is 29.3 Å². The van der Waals surface area contributed by atoms with E-state index >= 15 is 0 Å². The molecule has 2 N–H and O–H groups in total. The van der Waals surface area contributed by atoms with Crippen molar-refractivity contribution in [2.24, 2.45) is 0 Å². The van der Waals surface area contributed by atoms with Gasteiger partial charge < -0.3 is 10.1 Å². The lowest BCUT2D eigenvalue weighted by Crippen LogP contribution is -2.41.